The molecule has 0 saturated carbocycles. The summed E-state index contributed by atoms with van der Waals surface area (Å²) in [7, 11) is 1.29. The van der Waals surface area contributed by atoms with E-state index in [1.165, 1.54) is 25.3 Å². The van der Waals surface area contributed by atoms with Crippen molar-refractivity contribution >= 4 is 17.1 Å². The largest absolute Gasteiger partial charge is 0.465 e. The molecule has 4 aromatic rings. The Morgan fingerprint density at radius 1 is 0.654 bits per heavy atom. The molecule has 0 atom stereocenters. The van der Waals surface area contributed by atoms with Gasteiger partial charge in [0.15, 0.2) is 0 Å². The summed E-state index contributed by atoms with van der Waals surface area (Å²) < 4.78 is 86.2. The molecule has 6 rings (SSSR count). The van der Waals surface area contributed by atoms with Gasteiger partial charge in [-0.25, -0.2) is 31.1 Å². The van der Waals surface area contributed by atoms with Crippen LogP contribution in [0.15, 0.2) is 84.9 Å². The highest BCUT2D eigenvalue weighted by Crippen LogP contribution is 2.49. The highest BCUT2D eigenvalue weighted by Gasteiger charge is 2.32. The third-order valence-electron chi connectivity index (χ3n) is 10.0. The number of rotatable bonds is 8. The van der Waals surface area contributed by atoms with E-state index < -0.39 is 30.5 Å². The first-order valence-corrected chi connectivity index (χ1v) is 17.1. The van der Waals surface area contributed by atoms with Crippen LogP contribution in [0.1, 0.15) is 104 Å². The average Bonchev–Trinajstić information content (AvgIpc) is 3.66. The Labute approximate surface area is 300 Å². The third-order valence-corrected chi connectivity index (χ3v) is 10.0. The number of hydrogen-bond acceptors (Lipinski definition) is 3. The van der Waals surface area contributed by atoms with Crippen molar-refractivity contribution in [1.82, 2.24) is 0 Å². The second-order valence-corrected chi connectivity index (χ2v) is 14.5. The maximum atomic E-state index is 14.5. The van der Waals surface area contributed by atoms with E-state index in [4.69, 9.17) is 4.74 Å². The minimum atomic E-state index is -2.69. The van der Waals surface area contributed by atoms with Crippen molar-refractivity contribution in [2.75, 3.05) is 7.11 Å². The van der Waals surface area contributed by atoms with Crippen LogP contribution in [-0.2, 0) is 11.3 Å². The van der Waals surface area contributed by atoms with Crippen LogP contribution in [0, 0.1) is 22.5 Å². The molecule has 1 N–H and O–H groups in total. The van der Waals surface area contributed by atoms with Crippen molar-refractivity contribution in [1.29, 1.82) is 0 Å². The van der Waals surface area contributed by atoms with E-state index in [1.807, 2.05) is 6.07 Å². The van der Waals surface area contributed by atoms with Crippen LogP contribution < -0.4 is 0 Å². The quantitative estimate of drug-likeness (QED) is 0.146. The summed E-state index contributed by atoms with van der Waals surface area (Å²) >= 11 is 0. The number of halogens is 6. The normalized spacial score (nSPS) is 16.0. The molecule has 9 heteroatoms. The Balaban J connectivity index is 0.000000202. The summed E-state index contributed by atoms with van der Waals surface area (Å²) in [6.07, 6.45) is 2.53. The van der Waals surface area contributed by atoms with E-state index in [2.05, 4.69) is 39.8 Å². The molecule has 0 bridgehead atoms. The zero-order chi connectivity index (χ0) is 38.0. The lowest BCUT2D eigenvalue weighted by molar-refractivity contribution is 0.0600. The van der Waals surface area contributed by atoms with E-state index in [0.717, 1.165) is 66.7 Å². The third kappa shape index (κ3) is 8.04. The molecule has 0 saturated heterocycles. The van der Waals surface area contributed by atoms with Crippen molar-refractivity contribution < 1.29 is 41.0 Å². The van der Waals surface area contributed by atoms with E-state index in [9.17, 15) is 36.2 Å². The lowest BCUT2D eigenvalue weighted by atomic mass is 9.79. The number of hydrogen-bond donors (Lipinski definition) is 1. The van der Waals surface area contributed by atoms with Gasteiger partial charge in [0.2, 0.25) is 0 Å². The maximum Gasteiger partial charge on any atom is 0.337 e. The monoisotopic (exact) mass is 720 g/mol. The van der Waals surface area contributed by atoms with Gasteiger partial charge in [-0.05, 0) is 118 Å². The van der Waals surface area contributed by atoms with Gasteiger partial charge in [0, 0.05) is 22.3 Å². The number of ether oxygens (including phenoxy) is 1. The lowest BCUT2D eigenvalue weighted by Crippen LogP contribution is -2.11. The lowest BCUT2D eigenvalue weighted by Gasteiger charge is -2.25. The average molecular weight is 721 g/mol. The fraction of sp³-hybridized carbons (Fsp3) is 0.326. The van der Waals surface area contributed by atoms with Gasteiger partial charge in [0.25, 0.3) is 12.9 Å². The molecule has 2 aliphatic rings. The first-order chi connectivity index (χ1) is 24.6. The highest BCUT2D eigenvalue weighted by atomic mass is 19.3. The Bertz CT molecular complexity index is 2030. The Morgan fingerprint density at radius 2 is 1.12 bits per heavy atom. The predicted octanol–water partition coefficient (Wildman–Crippen LogP) is 12.5. The van der Waals surface area contributed by atoms with Crippen molar-refractivity contribution in [3.05, 3.63) is 130 Å². The number of esters is 1. The summed E-state index contributed by atoms with van der Waals surface area (Å²) in [5.74, 6) is -1.61. The van der Waals surface area contributed by atoms with Gasteiger partial charge in [-0.1, -0.05) is 70.2 Å². The molecule has 0 radical (unpaired) electrons. The van der Waals surface area contributed by atoms with Gasteiger partial charge < -0.3 is 9.84 Å². The minimum absolute atomic E-state index is 0.0837. The number of alkyl halides is 4. The molecule has 0 amide bonds. The van der Waals surface area contributed by atoms with Crippen molar-refractivity contribution in [2.45, 2.75) is 72.8 Å². The summed E-state index contributed by atoms with van der Waals surface area (Å²) in [6.45, 7) is 8.26. The van der Waals surface area contributed by atoms with E-state index in [-0.39, 0.29) is 39.7 Å². The van der Waals surface area contributed by atoms with Crippen LogP contribution in [-0.4, -0.2) is 18.2 Å². The van der Waals surface area contributed by atoms with Crippen molar-refractivity contribution in [3.63, 3.8) is 0 Å². The molecule has 0 heterocycles. The fourth-order valence-electron chi connectivity index (χ4n) is 7.09. The summed E-state index contributed by atoms with van der Waals surface area (Å²) in [6, 6.07) is 16.8. The molecule has 274 valence electrons. The second kappa shape index (κ2) is 15.5. The number of carbonyl (C=O) groups excluding carboxylic acids is 1. The number of benzene rings is 4. The van der Waals surface area contributed by atoms with Gasteiger partial charge in [0.1, 0.15) is 11.6 Å². The standard InChI is InChI=1S/C22H21F3O2.C21H21F3O/c1-22(2)10-4-5-18(22)16-12-14(21(26)27-3)6-8-15(16)17-11-13(20(24)25)7-9-19(17)23;1-21(2)9-3-4-18(21)16-10-13(12-25)5-7-15(16)17-11-14(20(23)24)6-8-19(17)22/h5-9,11-12,20H,4,10H2,1-3H3;4-8,10-11,20,25H,3,9,12H2,1-2H3. The van der Waals surface area contributed by atoms with Gasteiger partial charge in [-0.2, -0.15) is 0 Å². The molecule has 3 nitrogen and oxygen atoms in total. The molecule has 0 spiro atoms. The van der Waals surface area contributed by atoms with Gasteiger partial charge in [0.05, 0.1) is 19.3 Å². The number of carbonyl (C=O) groups is 1. The molecule has 2 aliphatic carbocycles. The van der Waals surface area contributed by atoms with Crippen LogP contribution in [0.3, 0.4) is 0 Å². The minimum Gasteiger partial charge on any atom is -0.465 e. The molecule has 0 fully saturated rings. The molecule has 0 aromatic heterocycles. The second-order valence-electron chi connectivity index (χ2n) is 14.5. The zero-order valence-corrected chi connectivity index (χ0v) is 29.8. The number of aliphatic hydroxyl groups excluding tert-OH is 1. The van der Waals surface area contributed by atoms with Gasteiger partial charge in [-0.15, -0.1) is 0 Å². The van der Waals surface area contributed by atoms with Gasteiger partial charge in [-0.3, -0.25) is 0 Å². The van der Waals surface area contributed by atoms with Crippen molar-refractivity contribution in [2.24, 2.45) is 10.8 Å². The Kier molecular flexibility index (Phi) is 11.5. The molecule has 0 aliphatic heterocycles. The smallest absolute Gasteiger partial charge is 0.337 e. The Hall–Kier alpha value is -4.63. The SMILES string of the molecule is CC1(C)CCC=C1c1cc(CO)ccc1-c1cc(C(F)F)ccc1F.COC(=O)c1ccc(-c2cc(C(F)F)ccc2F)c(C2=CCCC2(C)C)c1. The number of allylic oxidation sites excluding steroid dienone is 4. The topological polar surface area (TPSA) is 46.5 Å². The van der Waals surface area contributed by atoms with E-state index in [0.29, 0.717) is 27.8 Å². The van der Waals surface area contributed by atoms with Crippen LogP contribution in [0.25, 0.3) is 33.4 Å². The molecular formula is C43H42F6O3. The summed E-state index contributed by atoms with van der Waals surface area (Å²) in [4.78, 5) is 12.0. The molecule has 4 aromatic carbocycles. The van der Waals surface area contributed by atoms with Crippen molar-refractivity contribution in [3.8, 4) is 22.3 Å². The first kappa shape index (κ1) is 38.6. The first-order valence-electron chi connectivity index (χ1n) is 17.1. The summed E-state index contributed by atoms with van der Waals surface area (Å²) in [5.41, 5.74) is 5.22. The number of aliphatic hydroxyl groups is 1. The fourth-order valence-corrected chi connectivity index (χ4v) is 7.09. The molecular weight excluding hydrogens is 678 g/mol. The number of methoxy groups -OCH3 is 1. The van der Waals surface area contributed by atoms with E-state index in [1.54, 1.807) is 24.3 Å². The maximum absolute atomic E-state index is 14.5. The van der Waals surface area contributed by atoms with E-state index >= 15 is 0 Å². The highest BCUT2D eigenvalue weighted by molar-refractivity contribution is 5.94. The van der Waals surface area contributed by atoms with Crippen LogP contribution >= 0.6 is 0 Å². The summed E-state index contributed by atoms with van der Waals surface area (Å²) in [5, 5.41) is 9.48. The molecule has 52 heavy (non-hydrogen) atoms. The van der Waals surface area contributed by atoms with Crippen LogP contribution in [0.5, 0.6) is 0 Å². The van der Waals surface area contributed by atoms with Crippen LogP contribution in [0.4, 0.5) is 26.3 Å². The predicted molar refractivity (Wildman–Crippen MR) is 193 cm³/mol. The van der Waals surface area contributed by atoms with Crippen LogP contribution in [0.2, 0.25) is 0 Å². The zero-order valence-electron chi connectivity index (χ0n) is 29.8. The molecule has 0 unspecified atom stereocenters. The Morgan fingerprint density at radius 3 is 1.52 bits per heavy atom. The van der Waals surface area contributed by atoms with Gasteiger partial charge >= 0.3 is 5.97 Å².